The van der Waals surface area contributed by atoms with Crippen molar-refractivity contribution >= 4 is 23.9 Å². The summed E-state index contributed by atoms with van der Waals surface area (Å²) in [6.07, 6.45) is 24.0. The van der Waals surface area contributed by atoms with Gasteiger partial charge in [-0.15, -0.1) is 0 Å². The smallest absolute Gasteiger partial charge is 0.338 e. The lowest BCUT2D eigenvalue weighted by Gasteiger charge is -2.27. The van der Waals surface area contributed by atoms with Crippen molar-refractivity contribution in [3.8, 4) is 5.75 Å². The molecule has 1 aliphatic rings. The second kappa shape index (κ2) is 27.4. The van der Waals surface area contributed by atoms with E-state index in [9.17, 15) is 19.2 Å². The molecule has 0 heterocycles. The second-order valence-electron chi connectivity index (χ2n) is 15.3. The molecule has 0 amide bonds. The van der Waals surface area contributed by atoms with Crippen LogP contribution in [0.25, 0.3) is 0 Å². The van der Waals surface area contributed by atoms with Crippen LogP contribution in [0.15, 0.2) is 73.8 Å². The molecule has 308 valence electrons. The maximum Gasteiger partial charge on any atom is 0.338 e. The lowest BCUT2D eigenvalue weighted by molar-refractivity contribution is -0.144. The van der Waals surface area contributed by atoms with Crippen molar-refractivity contribution in [2.75, 3.05) is 0 Å². The molecule has 2 atom stereocenters. The normalized spacial score (nSPS) is 16.2. The highest BCUT2D eigenvalue weighted by Crippen LogP contribution is 2.31. The van der Waals surface area contributed by atoms with Gasteiger partial charge in [0, 0.05) is 12.2 Å². The van der Waals surface area contributed by atoms with E-state index in [0.29, 0.717) is 43.4 Å². The quantitative estimate of drug-likeness (QED) is 0.0277. The second-order valence-corrected chi connectivity index (χ2v) is 15.3. The van der Waals surface area contributed by atoms with Gasteiger partial charge in [-0.2, -0.15) is 0 Å². The summed E-state index contributed by atoms with van der Waals surface area (Å²) < 4.78 is 22.9. The van der Waals surface area contributed by atoms with Crippen LogP contribution in [0.5, 0.6) is 5.75 Å². The zero-order valence-electron chi connectivity index (χ0n) is 34.3. The summed E-state index contributed by atoms with van der Waals surface area (Å²) >= 11 is 0. The maximum absolute atomic E-state index is 13.1. The van der Waals surface area contributed by atoms with Crippen molar-refractivity contribution in [3.05, 3.63) is 90.5 Å². The van der Waals surface area contributed by atoms with Gasteiger partial charge in [-0.05, 0) is 86.8 Å². The number of carbonyl (C=O) groups is 4. The van der Waals surface area contributed by atoms with Crippen LogP contribution in [0.1, 0.15) is 189 Å². The molecule has 2 unspecified atom stereocenters. The fourth-order valence-corrected chi connectivity index (χ4v) is 7.31. The van der Waals surface area contributed by atoms with E-state index >= 15 is 0 Å². The predicted molar refractivity (Wildman–Crippen MR) is 222 cm³/mol. The highest BCUT2D eigenvalue weighted by molar-refractivity contribution is 5.89. The SMILES string of the molecule is C=CC(=O)OC(CCCCCCCCCC)c1ccc(OC(=O)C2CCC(OC(=O)c3ccc(C(CCCCCCCCCC)OC(=O)C=C)cc3)CC2)cc1. The fourth-order valence-electron chi connectivity index (χ4n) is 7.31. The molecule has 0 aliphatic heterocycles. The summed E-state index contributed by atoms with van der Waals surface area (Å²) in [5.74, 6) is -1.47. The zero-order valence-corrected chi connectivity index (χ0v) is 34.3. The van der Waals surface area contributed by atoms with Crippen LogP contribution in [-0.4, -0.2) is 30.0 Å². The first-order valence-electron chi connectivity index (χ1n) is 21.6. The van der Waals surface area contributed by atoms with Crippen LogP contribution in [0.2, 0.25) is 0 Å². The van der Waals surface area contributed by atoms with Crippen molar-refractivity contribution in [1.29, 1.82) is 0 Å². The standard InChI is InChI=1S/C48H68O8/c1-5-9-11-13-15-17-19-21-23-43(55-45(49)7-3)37-25-27-39(28-26-37)47(51)54-42-35-31-40(32-36-42)48(52)53-41-33-29-38(30-34-41)44(56-46(50)8-4)24-22-20-18-16-14-12-10-6-2/h7-8,25-30,33-34,40,42-44H,3-6,9-24,31-32,35-36H2,1-2H3. The van der Waals surface area contributed by atoms with E-state index in [-0.39, 0.29) is 24.1 Å². The Morgan fingerprint density at radius 3 is 1.43 bits per heavy atom. The average molecular weight is 773 g/mol. The zero-order chi connectivity index (χ0) is 40.4. The number of hydrogen-bond donors (Lipinski definition) is 0. The topological polar surface area (TPSA) is 105 Å². The molecule has 0 spiro atoms. The number of esters is 4. The van der Waals surface area contributed by atoms with Gasteiger partial charge >= 0.3 is 23.9 Å². The Kier molecular flexibility index (Phi) is 22.6. The van der Waals surface area contributed by atoms with Crippen molar-refractivity contribution in [1.82, 2.24) is 0 Å². The maximum atomic E-state index is 13.1. The molecular weight excluding hydrogens is 705 g/mol. The Morgan fingerprint density at radius 1 is 0.589 bits per heavy atom. The molecule has 0 bridgehead atoms. The molecule has 8 nitrogen and oxygen atoms in total. The van der Waals surface area contributed by atoms with Crippen LogP contribution in [0.3, 0.4) is 0 Å². The van der Waals surface area contributed by atoms with Crippen molar-refractivity contribution in [2.24, 2.45) is 5.92 Å². The van der Waals surface area contributed by atoms with E-state index in [1.165, 1.54) is 89.2 Å². The van der Waals surface area contributed by atoms with E-state index in [2.05, 4.69) is 27.0 Å². The molecule has 0 aromatic heterocycles. The van der Waals surface area contributed by atoms with Crippen LogP contribution < -0.4 is 4.74 Å². The molecular formula is C48H68O8. The molecule has 0 N–H and O–H groups in total. The van der Waals surface area contributed by atoms with E-state index in [4.69, 9.17) is 18.9 Å². The predicted octanol–water partition coefficient (Wildman–Crippen LogP) is 12.6. The Balaban J connectivity index is 1.43. The first kappa shape index (κ1) is 46.2. The van der Waals surface area contributed by atoms with Gasteiger partial charge < -0.3 is 18.9 Å². The summed E-state index contributed by atoms with van der Waals surface area (Å²) in [4.78, 5) is 50.3. The minimum Gasteiger partial charge on any atom is -0.459 e. The molecule has 2 aromatic rings. The molecule has 56 heavy (non-hydrogen) atoms. The van der Waals surface area contributed by atoms with Gasteiger partial charge in [0.1, 0.15) is 24.1 Å². The van der Waals surface area contributed by atoms with E-state index in [1.54, 1.807) is 24.3 Å². The lowest BCUT2D eigenvalue weighted by atomic mass is 9.87. The van der Waals surface area contributed by atoms with Gasteiger partial charge in [-0.3, -0.25) is 4.79 Å². The summed E-state index contributed by atoms with van der Waals surface area (Å²) in [7, 11) is 0. The van der Waals surface area contributed by atoms with Crippen LogP contribution in [0, 0.1) is 5.92 Å². The third-order valence-corrected chi connectivity index (χ3v) is 10.8. The third-order valence-electron chi connectivity index (χ3n) is 10.8. The largest absolute Gasteiger partial charge is 0.459 e. The number of carbonyl (C=O) groups excluding carboxylic acids is 4. The fraction of sp³-hybridized carbons (Fsp3) is 0.583. The first-order chi connectivity index (χ1) is 27.3. The molecule has 8 heteroatoms. The van der Waals surface area contributed by atoms with Gasteiger partial charge in [0.25, 0.3) is 0 Å². The Labute approximate surface area is 336 Å². The molecule has 1 aliphatic carbocycles. The van der Waals surface area contributed by atoms with E-state index < -0.39 is 24.0 Å². The van der Waals surface area contributed by atoms with Crippen molar-refractivity contribution < 1.29 is 38.1 Å². The van der Waals surface area contributed by atoms with Crippen molar-refractivity contribution in [3.63, 3.8) is 0 Å². The molecule has 0 radical (unpaired) electrons. The number of rotatable bonds is 28. The number of unbranched alkanes of at least 4 members (excludes halogenated alkanes) is 14. The van der Waals surface area contributed by atoms with Gasteiger partial charge in [0.05, 0.1) is 11.5 Å². The summed E-state index contributed by atoms with van der Waals surface area (Å²) in [5, 5.41) is 0. The van der Waals surface area contributed by atoms with Crippen molar-refractivity contribution in [2.45, 2.75) is 173 Å². The lowest BCUT2D eigenvalue weighted by Crippen LogP contribution is -2.30. The third kappa shape index (κ3) is 17.7. The number of hydrogen-bond acceptors (Lipinski definition) is 8. The van der Waals surface area contributed by atoms with Gasteiger partial charge in [0.2, 0.25) is 0 Å². The molecule has 1 saturated carbocycles. The summed E-state index contributed by atoms with van der Waals surface area (Å²) in [5.41, 5.74) is 2.12. The Morgan fingerprint density at radius 2 is 1.00 bits per heavy atom. The molecule has 1 fully saturated rings. The van der Waals surface area contributed by atoms with Crippen LogP contribution in [-0.2, 0) is 28.6 Å². The minimum atomic E-state index is -0.461. The van der Waals surface area contributed by atoms with Gasteiger partial charge in [-0.25, -0.2) is 14.4 Å². The highest BCUT2D eigenvalue weighted by Gasteiger charge is 2.30. The van der Waals surface area contributed by atoms with E-state index in [0.717, 1.165) is 43.2 Å². The number of ether oxygens (including phenoxy) is 4. The highest BCUT2D eigenvalue weighted by atomic mass is 16.6. The van der Waals surface area contributed by atoms with E-state index in [1.807, 2.05) is 24.3 Å². The van der Waals surface area contributed by atoms with Crippen LogP contribution >= 0.6 is 0 Å². The Bertz CT molecular complexity index is 1450. The minimum absolute atomic E-state index is 0.287. The molecule has 3 rings (SSSR count). The Hall–Kier alpha value is -4.20. The first-order valence-corrected chi connectivity index (χ1v) is 21.6. The van der Waals surface area contributed by atoms with Gasteiger partial charge in [-0.1, -0.05) is 141 Å². The summed E-state index contributed by atoms with van der Waals surface area (Å²) in [6, 6.07) is 14.3. The van der Waals surface area contributed by atoms with Gasteiger partial charge in [0.15, 0.2) is 0 Å². The monoisotopic (exact) mass is 772 g/mol. The molecule has 0 saturated heterocycles. The van der Waals surface area contributed by atoms with Crippen LogP contribution in [0.4, 0.5) is 0 Å². The summed E-state index contributed by atoms with van der Waals surface area (Å²) in [6.45, 7) is 11.5. The average Bonchev–Trinajstić information content (AvgIpc) is 3.22. The molecule has 2 aromatic carbocycles. The number of benzene rings is 2.